The lowest BCUT2D eigenvalue weighted by Gasteiger charge is -2.28. The summed E-state index contributed by atoms with van der Waals surface area (Å²) >= 11 is 0. The number of aromatic nitrogens is 2. The Labute approximate surface area is 132 Å². The molecule has 2 aliphatic rings. The zero-order chi connectivity index (χ0) is 15.5. The van der Waals surface area contributed by atoms with Gasteiger partial charge in [-0.2, -0.15) is 5.10 Å². The monoisotopic (exact) mass is 304 g/mol. The molecule has 1 aromatic rings. The smallest absolute Gasteiger partial charge is 0.271 e. The summed E-state index contributed by atoms with van der Waals surface area (Å²) < 4.78 is 1.89. The van der Waals surface area contributed by atoms with Crippen LogP contribution >= 0.6 is 0 Å². The minimum Gasteiger partial charge on any atom is -0.354 e. The highest BCUT2D eigenvalue weighted by Gasteiger charge is 2.29. The molecule has 3 rings (SSSR count). The van der Waals surface area contributed by atoms with Gasteiger partial charge in [0.2, 0.25) is 0 Å². The third kappa shape index (κ3) is 3.19. The Morgan fingerprint density at radius 2 is 1.86 bits per heavy atom. The highest BCUT2D eigenvalue weighted by atomic mass is 16.1. The molecule has 0 radical (unpaired) electrons. The first kappa shape index (κ1) is 15.5. The third-order valence-electron chi connectivity index (χ3n) is 5.22. The highest BCUT2D eigenvalue weighted by molar-refractivity contribution is 5.93. The molecule has 5 nitrogen and oxygen atoms in total. The van der Waals surface area contributed by atoms with E-state index in [0.29, 0.717) is 17.8 Å². The number of carbonyl (C=O) groups excluding carboxylic acids is 1. The van der Waals surface area contributed by atoms with E-state index >= 15 is 0 Å². The SMILES string of the molecule is CNC(=O)c1nn(C)c2c1CC(NC1CCCCCC1)CC2. The molecular formula is C17H28N4O. The lowest BCUT2D eigenvalue weighted by molar-refractivity contribution is 0.0956. The number of hydrogen-bond donors (Lipinski definition) is 2. The molecule has 2 N–H and O–H groups in total. The minimum atomic E-state index is -0.0630. The van der Waals surface area contributed by atoms with Crippen molar-refractivity contribution in [3.63, 3.8) is 0 Å². The number of fused-ring (bicyclic) bond motifs is 1. The molecule has 5 heteroatoms. The maximum absolute atomic E-state index is 12.0. The number of carbonyl (C=O) groups is 1. The molecular weight excluding hydrogens is 276 g/mol. The van der Waals surface area contributed by atoms with Crippen molar-refractivity contribution in [2.24, 2.45) is 7.05 Å². The van der Waals surface area contributed by atoms with E-state index in [1.807, 2.05) is 11.7 Å². The number of hydrogen-bond acceptors (Lipinski definition) is 3. The second-order valence-corrected chi connectivity index (χ2v) is 6.77. The lowest BCUT2D eigenvalue weighted by Crippen LogP contribution is -2.41. The lowest BCUT2D eigenvalue weighted by atomic mass is 9.90. The standard InChI is InChI=1S/C17H28N4O/c1-18-17(22)16-14-11-13(9-10-15(14)21(2)20-16)19-12-7-5-3-4-6-8-12/h12-13,19H,3-11H2,1-2H3,(H,18,22). The van der Waals surface area contributed by atoms with Gasteiger partial charge in [0.1, 0.15) is 0 Å². The van der Waals surface area contributed by atoms with Crippen molar-refractivity contribution in [1.29, 1.82) is 0 Å². The second kappa shape index (κ2) is 6.82. The molecule has 1 aromatic heterocycles. The Morgan fingerprint density at radius 1 is 1.14 bits per heavy atom. The maximum atomic E-state index is 12.0. The van der Waals surface area contributed by atoms with Crippen molar-refractivity contribution in [2.75, 3.05) is 7.05 Å². The summed E-state index contributed by atoms with van der Waals surface area (Å²) in [5, 5.41) is 11.0. The molecule has 0 aliphatic heterocycles. The van der Waals surface area contributed by atoms with Crippen molar-refractivity contribution < 1.29 is 4.79 Å². The van der Waals surface area contributed by atoms with Crippen LogP contribution in [0.2, 0.25) is 0 Å². The predicted molar refractivity (Wildman–Crippen MR) is 87.0 cm³/mol. The third-order valence-corrected chi connectivity index (χ3v) is 5.22. The number of nitrogens with one attached hydrogen (secondary N) is 2. The molecule has 22 heavy (non-hydrogen) atoms. The summed E-state index contributed by atoms with van der Waals surface area (Å²) in [4.78, 5) is 12.0. The second-order valence-electron chi connectivity index (χ2n) is 6.77. The molecule has 1 atom stereocenters. The molecule has 0 bridgehead atoms. The van der Waals surface area contributed by atoms with Gasteiger partial charge in [0.15, 0.2) is 5.69 Å². The van der Waals surface area contributed by atoms with Gasteiger partial charge in [-0.15, -0.1) is 0 Å². The van der Waals surface area contributed by atoms with Gasteiger partial charge in [0.05, 0.1) is 0 Å². The van der Waals surface area contributed by atoms with E-state index in [2.05, 4.69) is 15.7 Å². The average molecular weight is 304 g/mol. The van der Waals surface area contributed by atoms with Crippen LogP contribution in [-0.4, -0.2) is 34.8 Å². The first-order chi connectivity index (χ1) is 10.7. The average Bonchev–Trinajstić information content (AvgIpc) is 2.70. The van der Waals surface area contributed by atoms with Gasteiger partial charge in [-0.1, -0.05) is 25.7 Å². The Bertz CT molecular complexity index is 529. The van der Waals surface area contributed by atoms with Gasteiger partial charge in [0, 0.05) is 37.4 Å². The van der Waals surface area contributed by atoms with E-state index in [0.717, 1.165) is 24.8 Å². The molecule has 0 spiro atoms. The van der Waals surface area contributed by atoms with E-state index in [1.54, 1.807) is 7.05 Å². The van der Waals surface area contributed by atoms with E-state index in [1.165, 1.54) is 44.2 Å². The molecule has 2 aliphatic carbocycles. The van der Waals surface area contributed by atoms with Gasteiger partial charge in [0.25, 0.3) is 5.91 Å². The van der Waals surface area contributed by atoms with Crippen LogP contribution in [0.1, 0.15) is 66.7 Å². The van der Waals surface area contributed by atoms with Crippen LogP contribution < -0.4 is 10.6 Å². The molecule has 122 valence electrons. The van der Waals surface area contributed by atoms with Crippen LogP contribution in [0.5, 0.6) is 0 Å². The van der Waals surface area contributed by atoms with Crippen molar-refractivity contribution in [3.8, 4) is 0 Å². The molecule has 1 amide bonds. The normalized spacial score (nSPS) is 22.9. The summed E-state index contributed by atoms with van der Waals surface area (Å²) in [7, 11) is 3.62. The van der Waals surface area contributed by atoms with Crippen molar-refractivity contribution in [2.45, 2.75) is 69.9 Å². The first-order valence-electron chi connectivity index (χ1n) is 8.72. The van der Waals surface area contributed by atoms with Gasteiger partial charge >= 0.3 is 0 Å². The Morgan fingerprint density at radius 3 is 2.55 bits per heavy atom. The quantitative estimate of drug-likeness (QED) is 0.839. The minimum absolute atomic E-state index is 0.0630. The zero-order valence-electron chi connectivity index (χ0n) is 13.8. The Balaban J connectivity index is 1.71. The topological polar surface area (TPSA) is 59.0 Å². The van der Waals surface area contributed by atoms with Gasteiger partial charge in [-0.3, -0.25) is 9.48 Å². The van der Waals surface area contributed by atoms with Gasteiger partial charge < -0.3 is 10.6 Å². The van der Waals surface area contributed by atoms with Gasteiger partial charge in [-0.05, 0) is 32.1 Å². The highest BCUT2D eigenvalue weighted by Crippen LogP contribution is 2.26. The van der Waals surface area contributed by atoms with Crippen molar-refractivity contribution >= 4 is 5.91 Å². The summed E-state index contributed by atoms with van der Waals surface area (Å²) in [5.41, 5.74) is 3.00. The van der Waals surface area contributed by atoms with Crippen LogP contribution in [0, 0.1) is 0 Å². The molecule has 0 aromatic carbocycles. The molecule has 1 heterocycles. The maximum Gasteiger partial charge on any atom is 0.271 e. The Hall–Kier alpha value is -1.36. The van der Waals surface area contributed by atoms with E-state index < -0.39 is 0 Å². The van der Waals surface area contributed by atoms with Crippen LogP contribution in [0.3, 0.4) is 0 Å². The van der Waals surface area contributed by atoms with Crippen molar-refractivity contribution in [1.82, 2.24) is 20.4 Å². The first-order valence-corrected chi connectivity index (χ1v) is 8.72. The number of amides is 1. The molecule has 1 unspecified atom stereocenters. The van der Waals surface area contributed by atoms with E-state index in [4.69, 9.17) is 0 Å². The molecule has 0 saturated heterocycles. The van der Waals surface area contributed by atoms with E-state index in [9.17, 15) is 4.79 Å². The number of aryl methyl sites for hydroxylation is 1. The fourth-order valence-electron chi connectivity index (χ4n) is 4.01. The number of nitrogens with zero attached hydrogens (tertiary/aromatic N) is 2. The Kier molecular flexibility index (Phi) is 4.81. The summed E-state index contributed by atoms with van der Waals surface area (Å²) in [6.07, 6.45) is 11.2. The van der Waals surface area contributed by atoms with Crippen LogP contribution in [-0.2, 0) is 19.9 Å². The molecule has 1 saturated carbocycles. The van der Waals surface area contributed by atoms with Crippen molar-refractivity contribution in [3.05, 3.63) is 17.0 Å². The van der Waals surface area contributed by atoms with Gasteiger partial charge in [-0.25, -0.2) is 0 Å². The largest absolute Gasteiger partial charge is 0.354 e. The fourth-order valence-corrected chi connectivity index (χ4v) is 4.01. The summed E-state index contributed by atoms with van der Waals surface area (Å²) in [5.74, 6) is -0.0630. The summed E-state index contributed by atoms with van der Waals surface area (Å²) in [6, 6.07) is 1.15. The van der Waals surface area contributed by atoms with Crippen LogP contribution in [0.25, 0.3) is 0 Å². The van der Waals surface area contributed by atoms with Crippen LogP contribution in [0.4, 0.5) is 0 Å². The predicted octanol–water partition coefficient (Wildman–Crippen LogP) is 1.95. The zero-order valence-corrected chi connectivity index (χ0v) is 13.8. The number of rotatable bonds is 3. The van der Waals surface area contributed by atoms with Crippen LogP contribution in [0.15, 0.2) is 0 Å². The van der Waals surface area contributed by atoms with E-state index in [-0.39, 0.29) is 5.91 Å². The molecule has 1 fully saturated rings. The summed E-state index contributed by atoms with van der Waals surface area (Å²) in [6.45, 7) is 0. The fraction of sp³-hybridized carbons (Fsp3) is 0.765.